The molecular formula is C30H32FOP. The molecule has 0 spiro atoms. The van der Waals surface area contributed by atoms with Crippen molar-refractivity contribution in [3.63, 3.8) is 0 Å². The van der Waals surface area contributed by atoms with E-state index in [0.29, 0.717) is 0 Å². The van der Waals surface area contributed by atoms with Gasteiger partial charge in [0.2, 0.25) is 0 Å². The van der Waals surface area contributed by atoms with Crippen molar-refractivity contribution < 1.29 is 9.13 Å². The number of benzene rings is 4. The van der Waals surface area contributed by atoms with Crippen LogP contribution in [-0.4, -0.2) is 18.9 Å². The zero-order valence-corrected chi connectivity index (χ0v) is 20.2. The summed E-state index contributed by atoms with van der Waals surface area (Å²) in [5.74, 6) is 0.720. The van der Waals surface area contributed by atoms with E-state index < -0.39 is 20.0 Å². The average Bonchev–Trinajstić information content (AvgIpc) is 2.89. The summed E-state index contributed by atoms with van der Waals surface area (Å²) in [6.07, 6.45) is 2.84. The summed E-state index contributed by atoms with van der Waals surface area (Å²) >= 11 is 0. The Bertz CT molecular complexity index is 1060. The molecule has 0 amide bonds. The Hall–Kier alpha value is -2.96. The van der Waals surface area contributed by atoms with Crippen LogP contribution in [0.2, 0.25) is 0 Å². The van der Waals surface area contributed by atoms with E-state index >= 15 is 0 Å². The summed E-state index contributed by atoms with van der Waals surface area (Å²) in [5.41, 5.74) is 1.38. The van der Waals surface area contributed by atoms with E-state index in [4.69, 9.17) is 4.74 Å². The molecule has 0 aliphatic rings. The van der Waals surface area contributed by atoms with E-state index in [-0.39, 0.29) is 0 Å². The van der Waals surface area contributed by atoms with Crippen LogP contribution in [0.1, 0.15) is 18.9 Å². The van der Waals surface area contributed by atoms with Gasteiger partial charge in [0.05, 0.1) is 0 Å². The van der Waals surface area contributed by atoms with E-state index in [2.05, 4.69) is 103 Å². The average molecular weight is 459 g/mol. The van der Waals surface area contributed by atoms with Gasteiger partial charge in [0.1, 0.15) is 0 Å². The molecule has 4 rings (SSSR count). The second-order valence-electron chi connectivity index (χ2n) is 8.58. The molecule has 0 N–H and O–H groups in total. The number of aryl methyl sites for hydroxylation is 1. The minimum absolute atomic E-state index is 0.438. The van der Waals surface area contributed by atoms with Crippen molar-refractivity contribution in [1.29, 1.82) is 0 Å². The van der Waals surface area contributed by atoms with E-state index in [1.54, 1.807) is 6.92 Å². The summed E-state index contributed by atoms with van der Waals surface area (Å²) in [7, 11) is -2.28. The predicted octanol–water partition coefficient (Wildman–Crippen LogP) is 6.08. The van der Waals surface area contributed by atoms with Crippen LogP contribution in [0.3, 0.4) is 0 Å². The Kier molecular flexibility index (Phi) is 7.92. The predicted molar refractivity (Wildman–Crippen MR) is 142 cm³/mol. The fourth-order valence-electron chi connectivity index (χ4n) is 4.66. The topological polar surface area (TPSA) is 9.23 Å². The molecule has 3 heteroatoms. The molecule has 0 aliphatic carbocycles. The quantitative estimate of drug-likeness (QED) is 0.262. The third-order valence-corrected chi connectivity index (χ3v) is 11.4. The molecular weight excluding hydrogens is 426 g/mol. The first-order valence-electron chi connectivity index (χ1n) is 11.7. The Labute approximate surface area is 197 Å². The normalized spacial score (nSPS) is 12.8. The second-order valence-corrected chi connectivity index (χ2v) is 12.6. The van der Waals surface area contributed by atoms with Gasteiger partial charge in [0.25, 0.3) is 0 Å². The molecule has 4 aromatic rings. The maximum absolute atomic E-state index is 12.9. The van der Waals surface area contributed by atoms with Gasteiger partial charge in [-0.2, -0.15) is 0 Å². The fraction of sp³-hybridized carbons (Fsp3) is 0.200. The third-order valence-electron chi connectivity index (χ3n) is 6.29. The second kappa shape index (κ2) is 11.3. The van der Waals surface area contributed by atoms with E-state index in [9.17, 15) is 4.39 Å². The number of rotatable bonds is 10. The molecule has 0 saturated heterocycles. The van der Waals surface area contributed by atoms with Gasteiger partial charge in [-0.05, 0) is 0 Å². The first kappa shape index (κ1) is 23.2. The summed E-state index contributed by atoms with van der Waals surface area (Å²) in [6, 6.07) is 41.1. The Morgan fingerprint density at radius 3 is 1.67 bits per heavy atom. The molecule has 1 atom stereocenters. The first-order valence-corrected chi connectivity index (χ1v) is 13.9. The number of alkyl halides is 1. The third kappa shape index (κ3) is 5.52. The number of hydrogen-bond donors (Lipinski definition) is 0. The van der Waals surface area contributed by atoms with Gasteiger partial charge in [-0.3, -0.25) is 0 Å². The molecule has 170 valence electrons. The Balaban J connectivity index is 1.76. The minimum atomic E-state index is -2.28. The van der Waals surface area contributed by atoms with Crippen molar-refractivity contribution in [2.45, 2.75) is 25.9 Å². The van der Waals surface area contributed by atoms with Crippen molar-refractivity contribution in [3.8, 4) is 5.75 Å². The van der Waals surface area contributed by atoms with Gasteiger partial charge in [-0.25, -0.2) is 0 Å². The molecule has 0 saturated carbocycles. The van der Waals surface area contributed by atoms with Crippen LogP contribution in [0.5, 0.6) is 5.75 Å². The Morgan fingerprint density at radius 2 is 1.15 bits per heavy atom. The maximum atomic E-state index is 12.9. The van der Waals surface area contributed by atoms with Crippen LogP contribution >= 0.6 is 7.26 Å². The molecule has 1 nitrogen and oxygen atoms in total. The molecule has 0 aromatic heterocycles. The summed E-state index contributed by atoms with van der Waals surface area (Å²) in [6.45, 7) is 1.26. The van der Waals surface area contributed by atoms with Crippen LogP contribution in [0, 0.1) is 0 Å². The standard InChI is InChI=1S/C30H32FOP/c1-25(24-31)32-27-19-21-30(22-20-27)33(28-15-7-3-8-16-28,29-17-9-4-10-18-29)23-11-14-26-12-5-2-6-13-26/h2-10,12-13,15-22,25,33H,11,14,23-24H2,1H3. The molecule has 0 aliphatic heterocycles. The van der Waals surface area contributed by atoms with Crippen LogP contribution in [0.4, 0.5) is 4.39 Å². The molecule has 0 bridgehead atoms. The number of ether oxygens (including phenoxy) is 1. The molecule has 1 unspecified atom stereocenters. The van der Waals surface area contributed by atoms with Gasteiger partial charge in [0, 0.05) is 0 Å². The molecule has 0 radical (unpaired) electrons. The Morgan fingerprint density at radius 1 is 0.667 bits per heavy atom. The summed E-state index contributed by atoms with van der Waals surface area (Å²) in [4.78, 5) is 0. The van der Waals surface area contributed by atoms with Gasteiger partial charge >= 0.3 is 198 Å². The number of halogens is 1. The van der Waals surface area contributed by atoms with Crippen molar-refractivity contribution in [1.82, 2.24) is 0 Å². The molecule has 0 heterocycles. The van der Waals surface area contributed by atoms with Crippen LogP contribution in [-0.2, 0) is 6.42 Å². The zero-order valence-electron chi connectivity index (χ0n) is 19.2. The van der Waals surface area contributed by atoms with Crippen molar-refractivity contribution in [2.24, 2.45) is 0 Å². The van der Waals surface area contributed by atoms with Gasteiger partial charge < -0.3 is 0 Å². The van der Waals surface area contributed by atoms with E-state index in [1.165, 1.54) is 21.5 Å². The van der Waals surface area contributed by atoms with Gasteiger partial charge in [0.15, 0.2) is 0 Å². The molecule has 33 heavy (non-hydrogen) atoms. The summed E-state index contributed by atoms with van der Waals surface area (Å²) in [5, 5.41) is 4.18. The monoisotopic (exact) mass is 458 g/mol. The number of hydrogen-bond acceptors (Lipinski definition) is 1. The summed E-state index contributed by atoms with van der Waals surface area (Å²) < 4.78 is 18.7. The SMILES string of the molecule is CC(CF)Oc1ccc([PH](CCCc2ccccc2)(c2ccccc2)c2ccccc2)cc1. The molecule has 4 aromatic carbocycles. The zero-order chi connectivity index (χ0) is 22.9. The van der Waals surface area contributed by atoms with Gasteiger partial charge in [-0.1, -0.05) is 0 Å². The van der Waals surface area contributed by atoms with E-state index in [1.807, 2.05) is 12.1 Å². The van der Waals surface area contributed by atoms with Crippen molar-refractivity contribution in [3.05, 3.63) is 121 Å². The van der Waals surface area contributed by atoms with Crippen LogP contribution < -0.4 is 20.7 Å². The first-order chi connectivity index (χ1) is 16.2. The van der Waals surface area contributed by atoms with Gasteiger partial charge in [-0.15, -0.1) is 0 Å². The fourth-order valence-corrected chi connectivity index (χ4v) is 9.49. The van der Waals surface area contributed by atoms with Crippen molar-refractivity contribution >= 4 is 23.2 Å². The van der Waals surface area contributed by atoms with Crippen LogP contribution in [0.15, 0.2) is 115 Å². The van der Waals surface area contributed by atoms with E-state index in [0.717, 1.165) is 24.8 Å². The molecule has 0 fully saturated rings. The van der Waals surface area contributed by atoms with Crippen LogP contribution in [0.25, 0.3) is 0 Å². The van der Waals surface area contributed by atoms with Crippen molar-refractivity contribution in [2.75, 3.05) is 12.8 Å².